The van der Waals surface area contributed by atoms with Gasteiger partial charge < -0.3 is 23.4 Å². The van der Waals surface area contributed by atoms with Gasteiger partial charge in [0.25, 0.3) is 0 Å². The van der Waals surface area contributed by atoms with Crippen LogP contribution in [0.25, 0.3) is 0 Å². The van der Waals surface area contributed by atoms with E-state index in [0.717, 1.165) is 76.4 Å². The Kier molecular flexibility index (Phi) is 24.5. The van der Waals surface area contributed by atoms with E-state index >= 15 is 0 Å². The van der Waals surface area contributed by atoms with E-state index in [2.05, 4.69) is 41.5 Å². The topological polar surface area (TPSA) is 99.1 Å². The molecule has 0 spiro atoms. The molecule has 1 N–H and O–H groups in total. The molecule has 2 aromatic heterocycles. The average Bonchev–Trinajstić information content (AvgIpc) is 3.56. The fourth-order valence-electron chi connectivity index (χ4n) is 7.01. The maximum absolute atomic E-state index is 12.3. The monoisotopic (exact) mass is 729 g/mol. The smallest absolute Gasteiger partial charge is 0.306 e. The number of unbranched alkanes of at least 4 members (excludes halogenated alkanes) is 16. The van der Waals surface area contributed by atoms with Crippen LogP contribution in [0.15, 0.2) is 8.83 Å². The third-order valence-corrected chi connectivity index (χ3v) is 10.8. The Bertz CT molecular complexity index is 1240. The van der Waals surface area contributed by atoms with Crippen molar-refractivity contribution < 1.29 is 33.0 Å². The Morgan fingerprint density at radius 2 is 0.865 bits per heavy atom. The fourth-order valence-corrected chi connectivity index (χ4v) is 7.01. The Labute approximate surface area is 317 Å². The molecule has 0 aliphatic rings. The van der Waals surface area contributed by atoms with Gasteiger partial charge in [0.1, 0.15) is 29.6 Å². The molecule has 298 valence electrons. The quantitative estimate of drug-likeness (QED) is 0.0591. The number of ether oxygens (including phenoxy) is 2. The summed E-state index contributed by atoms with van der Waals surface area (Å²) >= 11 is 0. The number of rotatable bonds is 32. The van der Waals surface area contributed by atoms with Gasteiger partial charge in [0.05, 0.1) is 6.61 Å². The molecule has 2 heterocycles. The van der Waals surface area contributed by atoms with Gasteiger partial charge in [0.15, 0.2) is 6.10 Å². The van der Waals surface area contributed by atoms with Crippen molar-refractivity contribution in [1.29, 1.82) is 0 Å². The highest BCUT2D eigenvalue weighted by atomic mass is 16.6. The molecule has 0 bridgehead atoms. The first-order chi connectivity index (χ1) is 25.2. The zero-order chi connectivity index (χ0) is 38.0. The van der Waals surface area contributed by atoms with Gasteiger partial charge in [-0.1, -0.05) is 104 Å². The summed E-state index contributed by atoms with van der Waals surface area (Å²) in [6.07, 6.45) is 26.7. The van der Waals surface area contributed by atoms with Crippen LogP contribution in [0.2, 0.25) is 0 Å². The van der Waals surface area contributed by atoms with Gasteiger partial charge in [0, 0.05) is 38.5 Å². The predicted octanol–water partition coefficient (Wildman–Crippen LogP) is 12.0. The molecule has 2 aromatic rings. The van der Waals surface area contributed by atoms with Crippen molar-refractivity contribution in [3.63, 3.8) is 0 Å². The van der Waals surface area contributed by atoms with Crippen molar-refractivity contribution in [1.82, 2.24) is 0 Å². The fraction of sp³-hybridized carbons (Fsp3) is 0.778. The number of aliphatic hydroxyl groups is 1. The number of esters is 2. The molecule has 0 saturated carbocycles. The molecule has 0 unspecified atom stereocenters. The first-order valence-electron chi connectivity index (χ1n) is 21.3. The number of aryl methyl sites for hydroxylation is 4. The van der Waals surface area contributed by atoms with Gasteiger partial charge in [-0.05, 0) is 88.5 Å². The lowest BCUT2D eigenvalue weighted by atomic mass is 10.0. The highest BCUT2D eigenvalue weighted by molar-refractivity contribution is 5.70. The molecule has 52 heavy (non-hydrogen) atoms. The third-order valence-electron chi connectivity index (χ3n) is 10.8. The molecule has 0 aromatic carbocycles. The summed E-state index contributed by atoms with van der Waals surface area (Å²) in [5.74, 6) is 4.09. The van der Waals surface area contributed by atoms with Crippen LogP contribution in [0.3, 0.4) is 0 Å². The predicted molar refractivity (Wildman–Crippen MR) is 212 cm³/mol. The van der Waals surface area contributed by atoms with Crippen molar-refractivity contribution in [3.05, 3.63) is 45.3 Å². The van der Waals surface area contributed by atoms with Gasteiger partial charge in [-0.3, -0.25) is 9.59 Å². The van der Waals surface area contributed by atoms with Crippen LogP contribution in [-0.4, -0.2) is 36.4 Å². The minimum absolute atomic E-state index is 0.0860. The molecule has 0 amide bonds. The zero-order valence-electron chi connectivity index (χ0n) is 34.3. The van der Waals surface area contributed by atoms with Crippen molar-refractivity contribution in [2.45, 2.75) is 215 Å². The first-order valence-corrected chi connectivity index (χ1v) is 21.3. The van der Waals surface area contributed by atoms with E-state index in [-0.39, 0.29) is 25.2 Å². The molecule has 7 heteroatoms. The number of hydrogen-bond donors (Lipinski definition) is 1. The summed E-state index contributed by atoms with van der Waals surface area (Å²) in [4.78, 5) is 24.5. The molecule has 0 radical (unpaired) electrons. The first kappa shape index (κ1) is 45.6. The van der Waals surface area contributed by atoms with Gasteiger partial charge in [-0.2, -0.15) is 0 Å². The second-order valence-corrected chi connectivity index (χ2v) is 15.2. The Morgan fingerprint density at radius 3 is 1.27 bits per heavy atom. The Morgan fingerprint density at radius 1 is 0.500 bits per heavy atom. The SMILES string of the molecule is CCCCCc1oc(CCCCCCCCCCC(=O)OC[C@H](CO)OC(=O)CCCCCCCCCCc2oc(CCC)c(C)c2C)c(C)c1C. The minimum Gasteiger partial charge on any atom is -0.466 e. The standard InChI is InChI=1S/C45H76O7/c1-7-9-22-28-41-37(5)38(6)43(52-41)30-24-19-14-10-12-16-20-25-31-44(47)49-34-39(33-46)50-45(48)32-26-21-17-13-11-15-18-23-29-42-36(4)35(3)40(51-42)27-8-2/h39,46H,7-34H2,1-6H3/t39-/m0/s1. The van der Waals surface area contributed by atoms with Crippen LogP contribution in [0.1, 0.15) is 200 Å². The highest BCUT2D eigenvalue weighted by Gasteiger charge is 2.17. The molecule has 7 nitrogen and oxygen atoms in total. The molecule has 1 atom stereocenters. The van der Waals surface area contributed by atoms with E-state index < -0.39 is 6.10 Å². The van der Waals surface area contributed by atoms with Crippen LogP contribution in [0, 0.1) is 27.7 Å². The molecule has 2 rings (SSSR count). The largest absolute Gasteiger partial charge is 0.466 e. The minimum atomic E-state index is -0.794. The summed E-state index contributed by atoms with van der Waals surface area (Å²) in [5.41, 5.74) is 5.36. The molecular weight excluding hydrogens is 652 g/mol. The lowest BCUT2D eigenvalue weighted by Crippen LogP contribution is -2.28. The number of aliphatic hydroxyl groups excluding tert-OH is 1. The second-order valence-electron chi connectivity index (χ2n) is 15.2. The summed E-state index contributed by atoms with van der Waals surface area (Å²) in [5, 5.41) is 9.62. The molecule has 0 saturated heterocycles. The summed E-state index contributed by atoms with van der Waals surface area (Å²) in [7, 11) is 0. The van der Waals surface area contributed by atoms with Crippen LogP contribution in [-0.2, 0) is 44.7 Å². The molecule has 0 fully saturated rings. The second kappa shape index (κ2) is 28.0. The van der Waals surface area contributed by atoms with Crippen LogP contribution in [0.4, 0.5) is 0 Å². The van der Waals surface area contributed by atoms with Crippen LogP contribution in [0.5, 0.6) is 0 Å². The van der Waals surface area contributed by atoms with Crippen molar-refractivity contribution >= 4 is 11.9 Å². The van der Waals surface area contributed by atoms with Crippen molar-refractivity contribution in [2.24, 2.45) is 0 Å². The van der Waals surface area contributed by atoms with E-state index in [1.165, 1.54) is 123 Å². The van der Waals surface area contributed by atoms with E-state index in [9.17, 15) is 14.7 Å². The van der Waals surface area contributed by atoms with Gasteiger partial charge in [0.2, 0.25) is 0 Å². The highest BCUT2D eigenvalue weighted by Crippen LogP contribution is 2.26. The van der Waals surface area contributed by atoms with Gasteiger partial charge >= 0.3 is 11.9 Å². The van der Waals surface area contributed by atoms with Gasteiger partial charge in [-0.15, -0.1) is 0 Å². The maximum atomic E-state index is 12.3. The summed E-state index contributed by atoms with van der Waals surface area (Å²) in [6, 6.07) is 0. The van der Waals surface area contributed by atoms with Crippen LogP contribution >= 0.6 is 0 Å². The van der Waals surface area contributed by atoms with Crippen molar-refractivity contribution in [3.8, 4) is 0 Å². The average molecular weight is 729 g/mol. The van der Waals surface area contributed by atoms with E-state index in [1.54, 1.807) is 0 Å². The summed E-state index contributed by atoms with van der Waals surface area (Å²) in [6.45, 7) is 12.8. The number of carbonyl (C=O) groups excluding carboxylic acids is 2. The van der Waals surface area contributed by atoms with Crippen molar-refractivity contribution in [2.75, 3.05) is 13.2 Å². The number of furan rings is 2. The normalized spacial score (nSPS) is 12.1. The third kappa shape index (κ3) is 18.5. The van der Waals surface area contributed by atoms with Crippen LogP contribution < -0.4 is 0 Å². The number of hydrogen-bond acceptors (Lipinski definition) is 7. The molecule has 0 aliphatic heterocycles. The Hall–Kier alpha value is -2.54. The Balaban J connectivity index is 1.40. The number of carbonyl (C=O) groups is 2. The van der Waals surface area contributed by atoms with Gasteiger partial charge in [-0.25, -0.2) is 0 Å². The molecular formula is C45H76O7. The summed E-state index contributed by atoms with van der Waals surface area (Å²) < 4.78 is 23.0. The van der Waals surface area contributed by atoms with E-state index in [1.807, 2.05) is 0 Å². The zero-order valence-corrected chi connectivity index (χ0v) is 34.3. The van der Waals surface area contributed by atoms with E-state index in [0.29, 0.717) is 12.8 Å². The van der Waals surface area contributed by atoms with E-state index in [4.69, 9.17) is 18.3 Å². The maximum Gasteiger partial charge on any atom is 0.306 e. The lowest BCUT2D eigenvalue weighted by Gasteiger charge is -2.15. The lowest BCUT2D eigenvalue weighted by molar-refractivity contribution is -0.161. The molecule has 0 aliphatic carbocycles.